The van der Waals surface area contributed by atoms with Gasteiger partial charge in [-0.15, -0.1) is 0 Å². The summed E-state index contributed by atoms with van der Waals surface area (Å²) in [5.41, 5.74) is 0. The van der Waals surface area contributed by atoms with E-state index in [9.17, 15) is 9.59 Å². The van der Waals surface area contributed by atoms with Crippen LogP contribution in [-0.4, -0.2) is 18.4 Å². The fourth-order valence-corrected chi connectivity index (χ4v) is 0.475. The van der Waals surface area contributed by atoms with Gasteiger partial charge in [0, 0.05) is 6.92 Å². The highest BCUT2D eigenvalue weighted by Gasteiger charge is 2.15. The summed E-state index contributed by atoms with van der Waals surface area (Å²) in [6.07, 6.45) is 0.929. The lowest BCUT2D eigenvalue weighted by Gasteiger charge is -2.12. The lowest BCUT2D eigenvalue weighted by atomic mass is 10.1. The third-order valence-electron chi connectivity index (χ3n) is 1.01. The topological polar surface area (TPSA) is 43.4 Å². The van der Waals surface area contributed by atoms with E-state index in [1.807, 2.05) is 0 Å². The SMILES string of the molecule is CC(=O)OC([C]=O)C(C)C. The maximum atomic E-state index is 10.3. The molecule has 0 aliphatic heterocycles. The zero-order valence-corrected chi connectivity index (χ0v) is 6.38. The van der Waals surface area contributed by atoms with Crippen LogP contribution in [-0.2, 0) is 14.3 Å². The quantitative estimate of drug-likeness (QED) is 0.546. The van der Waals surface area contributed by atoms with Gasteiger partial charge in [0.1, 0.15) is 0 Å². The molecule has 1 radical (unpaired) electrons. The van der Waals surface area contributed by atoms with Crippen molar-refractivity contribution in [2.24, 2.45) is 5.92 Å². The zero-order chi connectivity index (χ0) is 8.15. The van der Waals surface area contributed by atoms with Crippen LogP contribution in [0.25, 0.3) is 0 Å². The van der Waals surface area contributed by atoms with Crippen LogP contribution < -0.4 is 0 Å². The molecule has 0 amide bonds. The molecule has 0 saturated heterocycles. The molecule has 0 heterocycles. The number of hydrogen-bond donors (Lipinski definition) is 0. The van der Waals surface area contributed by atoms with E-state index in [1.54, 1.807) is 20.1 Å². The molecule has 3 nitrogen and oxygen atoms in total. The van der Waals surface area contributed by atoms with Gasteiger partial charge in [0.15, 0.2) is 6.10 Å². The maximum Gasteiger partial charge on any atom is 0.303 e. The highest BCUT2D eigenvalue weighted by Crippen LogP contribution is 2.03. The monoisotopic (exact) mass is 143 g/mol. The molecule has 0 spiro atoms. The molecule has 0 aliphatic rings. The second kappa shape index (κ2) is 4.04. The Morgan fingerprint density at radius 1 is 1.50 bits per heavy atom. The first-order valence-electron chi connectivity index (χ1n) is 3.12. The maximum absolute atomic E-state index is 10.3. The van der Waals surface area contributed by atoms with E-state index in [4.69, 9.17) is 0 Å². The fraction of sp³-hybridized carbons (Fsp3) is 0.714. The molecule has 1 unspecified atom stereocenters. The second-order valence-corrected chi connectivity index (χ2v) is 2.39. The Hall–Kier alpha value is -0.860. The van der Waals surface area contributed by atoms with Gasteiger partial charge < -0.3 is 4.74 Å². The smallest absolute Gasteiger partial charge is 0.303 e. The van der Waals surface area contributed by atoms with Crippen molar-refractivity contribution >= 4 is 12.3 Å². The third-order valence-corrected chi connectivity index (χ3v) is 1.01. The van der Waals surface area contributed by atoms with E-state index >= 15 is 0 Å². The summed E-state index contributed by atoms with van der Waals surface area (Å²) in [6.45, 7) is 4.85. The lowest BCUT2D eigenvalue weighted by Crippen LogP contribution is -2.23. The minimum absolute atomic E-state index is 0.00130. The molecule has 10 heavy (non-hydrogen) atoms. The van der Waals surface area contributed by atoms with Crippen molar-refractivity contribution < 1.29 is 14.3 Å². The van der Waals surface area contributed by atoms with E-state index in [2.05, 4.69) is 4.74 Å². The first-order valence-corrected chi connectivity index (χ1v) is 3.12. The first-order chi connectivity index (χ1) is 4.57. The van der Waals surface area contributed by atoms with Gasteiger partial charge in [0.2, 0.25) is 6.29 Å². The molecule has 0 aromatic heterocycles. The van der Waals surface area contributed by atoms with Crippen molar-refractivity contribution in [1.29, 1.82) is 0 Å². The standard InChI is InChI=1S/C7H11O3/c1-5(2)7(4-8)10-6(3)9/h5,7H,1-3H3. The van der Waals surface area contributed by atoms with Crippen LogP contribution in [0.3, 0.4) is 0 Å². The van der Waals surface area contributed by atoms with Crippen LogP contribution in [0.15, 0.2) is 0 Å². The van der Waals surface area contributed by atoms with Crippen LogP contribution in [0.4, 0.5) is 0 Å². The normalized spacial score (nSPS) is 12.8. The number of carbonyl (C=O) groups is 1. The van der Waals surface area contributed by atoms with Crippen LogP contribution in [0.5, 0.6) is 0 Å². The number of ether oxygens (including phenoxy) is 1. The fourth-order valence-electron chi connectivity index (χ4n) is 0.475. The molecule has 0 aromatic carbocycles. The molecular weight excluding hydrogens is 132 g/mol. The molecule has 0 N–H and O–H groups in total. The highest BCUT2D eigenvalue weighted by molar-refractivity contribution is 5.70. The van der Waals surface area contributed by atoms with Gasteiger partial charge in [-0.1, -0.05) is 13.8 Å². The Bertz CT molecular complexity index is 129. The summed E-state index contributed by atoms with van der Waals surface area (Å²) in [6, 6.07) is 0. The van der Waals surface area contributed by atoms with Gasteiger partial charge in [-0.05, 0) is 5.92 Å². The van der Waals surface area contributed by atoms with E-state index in [-0.39, 0.29) is 5.92 Å². The lowest BCUT2D eigenvalue weighted by molar-refractivity contribution is -0.144. The first kappa shape index (κ1) is 9.14. The van der Waals surface area contributed by atoms with Crippen molar-refractivity contribution in [2.75, 3.05) is 0 Å². The molecule has 3 heteroatoms. The molecule has 0 bridgehead atoms. The van der Waals surface area contributed by atoms with Crippen molar-refractivity contribution in [3.63, 3.8) is 0 Å². The summed E-state index contributed by atoms with van der Waals surface area (Å²) in [5.74, 6) is -0.441. The molecule has 57 valence electrons. The predicted octanol–water partition coefficient (Wildman–Crippen LogP) is 0.684. The summed E-state index contributed by atoms with van der Waals surface area (Å²) < 4.78 is 4.60. The van der Waals surface area contributed by atoms with Crippen molar-refractivity contribution in [3.8, 4) is 0 Å². The summed E-state index contributed by atoms with van der Waals surface area (Å²) in [5, 5.41) is 0. The number of esters is 1. The predicted molar refractivity (Wildman–Crippen MR) is 36.1 cm³/mol. The Kier molecular flexibility index (Phi) is 3.69. The third kappa shape index (κ3) is 3.22. The molecule has 0 rings (SSSR count). The average Bonchev–Trinajstić information content (AvgIpc) is 1.81. The van der Waals surface area contributed by atoms with Gasteiger partial charge in [-0.25, -0.2) is 0 Å². The van der Waals surface area contributed by atoms with Gasteiger partial charge in [0.05, 0.1) is 0 Å². The Morgan fingerprint density at radius 2 is 2.00 bits per heavy atom. The number of hydrogen-bond acceptors (Lipinski definition) is 3. The Morgan fingerprint density at radius 3 is 2.10 bits per heavy atom. The molecule has 0 fully saturated rings. The minimum Gasteiger partial charge on any atom is -0.454 e. The molecular formula is C7H11O3. The second-order valence-electron chi connectivity index (χ2n) is 2.39. The average molecular weight is 143 g/mol. The summed E-state index contributed by atoms with van der Waals surface area (Å²) >= 11 is 0. The zero-order valence-electron chi connectivity index (χ0n) is 6.38. The molecule has 0 saturated carbocycles. The van der Waals surface area contributed by atoms with E-state index < -0.39 is 12.1 Å². The number of carbonyl (C=O) groups excluding carboxylic acids is 2. The van der Waals surface area contributed by atoms with Crippen LogP contribution in [0.1, 0.15) is 20.8 Å². The van der Waals surface area contributed by atoms with E-state index in [1.165, 1.54) is 6.92 Å². The number of rotatable bonds is 3. The van der Waals surface area contributed by atoms with E-state index in [0.717, 1.165) is 0 Å². The summed E-state index contributed by atoms with van der Waals surface area (Å²) in [4.78, 5) is 20.4. The largest absolute Gasteiger partial charge is 0.454 e. The Balaban J connectivity index is 3.83. The molecule has 0 aliphatic carbocycles. The van der Waals surface area contributed by atoms with Gasteiger partial charge >= 0.3 is 5.97 Å². The van der Waals surface area contributed by atoms with E-state index in [0.29, 0.717) is 0 Å². The van der Waals surface area contributed by atoms with Crippen LogP contribution in [0.2, 0.25) is 0 Å². The molecule has 0 aromatic rings. The van der Waals surface area contributed by atoms with Crippen LogP contribution >= 0.6 is 0 Å². The summed E-state index contributed by atoms with van der Waals surface area (Å²) in [7, 11) is 0. The van der Waals surface area contributed by atoms with Gasteiger partial charge in [0.25, 0.3) is 0 Å². The minimum atomic E-state index is -0.711. The molecule has 1 atom stereocenters. The van der Waals surface area contributed by atoms with Crippen molar-refractivity contribution in [1.82, 2.24) is 0 Å². The van der Waals surface area contributed by atoms with Crippen molar-refractivity contribution in [2.45, 2.75) is 26.9 Å². The van der Waals surface area contributed by atoms with Gasteiger partial charge in [-0.2, -0.15) is 0 Å². The van der Waals surface area contributed by atoms with Gasteiger partial charge in [-0.3, -0.25) is 9.59 Å². The Labute approximate surface area is 60.4 Å². The van der Waals surface area contributed by atoms with Crippen LogP contribution in [0, 0.1) is 5.92 Å². The highest BCUT2D eigenvalue weighted by atomic mass is 16.5. The van der Waals surface area contributed by atoms with Crippen molar-refractivity contribution in [3.05, 3.63) is 0 Å².